The second-order valence-corrected chi connectivity index (χ2v) is 8.62. The number of fused-ring (bicyclic) bond motifs is 1. The average molecular weight is 349 g/mol. The molecule has 3 heteroatoms. The summed E-state index contributed by atoms with van der Waals surface area (Å²) in [7, 11) is 3.26. The Bertz CT molecular complexity index is 535. The zero-order chi connectivity index (χ0) is 18.7. The number of hydrogen-bond donors (Lipinski definition) is 0. The fraction of sp³-hybridized carbons (Fsp3) is 0.773. The van der Waals surface area contributed by atoms with Gasteiger partial charge in [0.2, 0.25) is 0 Å². The number of methoxy groups -OCH3 is 2. The number of hydrogen-bond acceptors (Lipinski definition) is 3. The third-order valence-corrected chi connectivity index (χ3v) is 7.10. The first-order valence-corrected chi connectivity index (χ1v) is 9.70. The van der Waals surface area contributed by atoms with Gasteiger partial charge in [0, 0.05) is 7.11 Å². The van der Waals surface area contributed by atoms with Crippen LogP contribution in [0, 0.1) is 22.7 Å². The summed E-state index contributed by atoms with van der Waals surface area (Å²) in [6.07, 6.45) is 9.71. The van der Waals surface area contributed by atoms with Crippen molar-refractivity contribution in [3.05, 3.63) is 23.8 Å². The van der Waals surface area contributed by atoms with Crippen LogP contribution in [-0.2, 0) is 14.3 Å². The molecule has 25 heavy (non-hydrogen) atoms. The van der Waals surface area contributed by atoms with Crippen LogP contribution in [0.3, 0.4) is 0 Å². The number of esters is 1. The summed E-state index contributed by atoms with van der Waals surface area (Å²) in [5.41, 5.74) is 2.57. The number of ether oxygens (including phenoxy) is 2. The Balaban J connectivity index is 2.22. The first-order valence-electron chi connectivity index (χ1n) is 9.70. The van der Waals surface area contributed by atoms with Crippen molar-refractivity contribution in [3.8, 4) is 0 Å². The number of rotatable bonds is 6. The summed E-state index contributed by atoms with van der Waals surface area (Å²) >= 11 is 0. The van der Waals surface area contributed by atoms with E-state index in [-0.39, 0.29) is 16.8 Å². The second kappa shape index (κ2) is 8.07. The zero-order valence-corrected chi connectivity index (χ0v) is 16.8. The van der Waals surface area contributed by atoms with E-state index in [4.69, 9.17) is 9.47 Å². The Kier molecular flexibility index (Phi) is 6.53. The molecule has 142 valence electrons. The molecule has 2 rings (SSSR count). The molecule has 0 spiro atoms. The highest BCUT2D eigenvalue weighted by Crippen LogP contribution is 2.62. The summed E-state index contributed by atoms with van der Waals surface area (Å²) < 4.78 is 10.4. The Labute approximate surface area is 153 Å². The van der Waals surface area contributed by atoms with Crippen LogP contribution in [0.15, 0.2) is 23.8 Å². The van der Waals surface area contributed by atoms with Crippen molar-refractivity contribution in [2.75, 3.05) is 20.8 Å². The van der Waals surface area contributed by atoms with E-state index in [9.17, 15) is 4.79 Å². The lowest BCUT2D eigenvalue weighted by Crippen LogP contribution is -2.53. The van der Waals surface area contributed by atoms with E-state index in [1.807, 2.05) is 0 Å². The molecule has 0 unspecified atom stereocenters. The Morgan fingerprint density at radius 1 is 1.32 bits per heavy atom. The van der Waals surface area contributed by atoms with Crippen LogP contribution < -0.4 is 0 Å². The quantitative estimate of drug-likeness (QED) is 0.482. The van der Waals surface area contributed by atoms with Crippen molar-refractivity contribution in [1.29, 1.82) is 0 Å². The third kappa shape index (κ3) is 3.86. The van der Waals surface area contributed by atoms with Gasteiger partial charge in [0.1, 0.15) is 0 Å². The van der Waals surface area contributed by atoms with E-state index < -0.39 is 0 Å². The summed E-state index contributed by atoms with van der Waals surface area (Å²) in [6.45, 7) is 11.8. The van der Waals surface area contributed by atoms with Gasteiger partial charge in [0.25, 0.3) is 0 Å². The summed E-state index contributed by atoms with van der Waals surface area (Å²) in [5.74, 6) is 0.854. The molecule has 0 amide bonds. The first kappa shape index (κ1) is 20.2. The molecular formula is C22H36O3. The topological polar surface area (TPSA) is 35.5 Å². The summed E-state index contributed by atoms with van der Waals surface area (Å²) in [6, 6.07) is 0. The molecule has 0 bridgehead atoms. The van der Waals surface area contributed by atoms with E-state index in [1.54, 1.807) is 7.11 Å². The van der Waals surface area contributed by atoms with Gasteiger partial charge < -0.3 is 9.47 Å². The van der Waals surface area contributed by atoms with Crippen molar-refractivity contribution < 1.29 is 14.3 Å². The molecule has 0 aromatic rings. The normalized spacial score (nSPS) is 36.0. The Morgan fingerprint density at radius 2 is 2.04 bits per heavy atom. The molecule has 2 saturated carbocycles. The predicted molar refractivity (Wildman–Crippen MR) is 102 cm³/mol. The molecule has 2 fully saturated rings. The van der Waals surface area contributed by atoms with E-state index in [1.165, 1.54) is 24.7 Å². The van der Waals surface area contributed by atoms with Crippen LogP contribution in [0.25, 0.3) is 0 Å². The van der Waals surface area contributed by atoms with E-state index in [0.29, 0.717) is 18.4 Å². The SMILES string of the molecule is C=C1CC[C@@H]2[C@](C)(CCC[C@]2(C)C(=O)OC)[C@H]1CC/C(C)=C/COC. The van der Waals surface area contributed by atoms with Crippen LogP contribution in [0.1, 0.15) is 65.7 Å². The van der Waals surface area contributed by atoms with Crippen LogP contribution in [0.4, 0.5) is 0 Å². The van der Waals surface area contributed by atoms with Crippen LogP contribution >= 0.6 is 0 Å². The maximum Gasteiger partial charge on any atom is 0.311 e. The van der Waals surface area contributed by atoms with Gasteiger partial charge in [-0.1, -0.05) is 37.1 Å². The minimum absolute atomic E-state index is 0.0224. The maximum atomic E-state index is 12.6. The number of carbonyl (C=O) groups is 1. The summed E-state index contributed by atoms with van der Waals surface area (Å²) in [4.78, 5) is 12.6. The van der Waals surface area contributed by atoms with Gasteiger partial charge in [-0.15, -0.1) is 0 Å². The Hall–Kier alpha value is -1.09. The van der Waals surface area contributed by atoms with Crippen LogP contribution in [0.5, 0.6) is 0 Å². The highest BCUT2D eigenvalue weighted by atomic mass is 16.5. The third-order valence-electron chi connectivity index (χ3n) is 7.10. The first-order chi connectivity index (χ1) is 11.8. The molecule has 0 N–H and O–H groups in total. The maximum absolute atomic E-state index is 12.6. The average Bonchev–Trinajstić information content (AvgIpc) is 2.58. The molecule has 0 radical (unpaired) electrons. The predicted octanol–water partition coefficient (Wildman–Crippen LogP) is 5.31. The van der Waals surface area contributed by atoms with Crippen molar-refractivity contribution in [2.45, 2.75) is 65.7 Å². The molecule has 3 nitrogen and oxygen atoms in total. The smallest absolute Gasteiger partial charge is 0.311 e. The standard InChI is InChI=1S/C22H36O3/c1-16(12-15-24-5)8-10-18-17(2)9-11-19-21(18,3)13-7-14-22(19,4)20(23)25-6/h12,18-19H,2,7-11,13-15H2,1,3-6H3/b16-12+/t18-,19+,21+,22-/m0/s1. The van der Waals surface area contributed by atoms with E-state index in [0.717, 1.165) is 38.5 Å². The van der Waals surface area contributed by atoms with Gasteiger partial charge in [-0.25, -0.2) is 0 Å². The van der Waals surface area contributed by atoms with Gasteiger partial charge in [-0.3, -0.25) is 4.79 Å². The fourth-order valence-corrected chi connectivity index (χ4v) is 5.66. The van der Waals surface area contributed by atoms with E-state index in [2.05, 4.69) is 33.4 Å². The van der Waals surface area contributed by atoms with Gasteiger partial charge in [-0.2, -0.15) is 0 Å². The zero-order valence-electron chi connectivity index (χ0n) is 16.8. The molecule has 4 atom stereocenters. The molecule has 0 saturated heterocycles. The van der Waals surface area contributed by atoms with Crippen molar-refractivity contribution >= 4 is 5.97 Å². The number of allylic oxidation sites excluding steroid dienone is 2. The second-order valence-electron chi connectivity index (χ2n) is 8.62. The largest absolute Gasteiger partial charge is 0.469 e. The molecule has 0 aromatic heterocycles. The Morgan fingerprint density at radius 3 is 2.68 bits per heavy atom. The van der Waals surface area contributed by atoms with Gasteiger partial charge in [0.15, 0.2) is 0 Å². The lowest BCUT2D eigenvalue weighted by molar-refractivity contribution is -0.168. The number of carbonyl (C=O) groups excluding carboxylic acids is 1. The minimum atomic E-state index is -0.346. The molecule has 0 heterocycles. The fourth-order valence-electron chi connectivity index (χ4n) is 5.66. The molecular weight excluding hydrogens is 312 g/mol. The van der Waals surface area contributed by atoms with Gasteiger partial charge in [0.05, 0.1) is 19.1 Å². The molecule has 0 aromatic carbocycles. The highest BCUT2D eigenvalue weighted by Gasteiger charge is 2.57. The van der Waals surface area contributed by atoms with E-state index >= 15 is 0 Å². The molecule has 2 aliphatic carbocycles. The lowest BCUT2D eigenvalue weighted by atomic mass is 9.46. The summed E-state index contributed by atoms with van der Waals surface area (Å²) in [5, 5.41) is 0. The monoisotopic (exact) mass is 348 g/mol. The van der Waals surface area contributed by atoms with Crippen molar-refractivity contribution in [2.24, 2.45) is 22.7 Å². The van der Waals surface area contributed by atoms with Crippen LogP contribution in [0.2, 0.25) is 0 Å². The molecule has 0 aliphatic heterocycles. The molecule has 2 aliphatic rings. The van der Waals surface area contributed by atoms with Gasteiger partial charge >= 0.3 is 5.97 Å². The highest BCUT2D eigenvalue weighted by molar-refractivity contribution is 5.77. The minimum Gasteiger partial charge on any atom is -0.469 e. The van der Waals surface area contributed by atoms with Gasteiger partial charge in [-0.05, 0) is 69.6 Å². The van der Waals surface area contributed by atoms with Crippen molar-refractivity contribution in [3.63, 3.8) is 0 Å². The lowest BCUT2D eigenvalue weighted by Gasteiger charge is -2.57. The van der Waals surface area contributed by atoms with Crippen LogP contribution in [-0.4, -0.2) is 26.8 Å². The van der Waals surface area contributed by atoms with Crippen molar-refractivity contribution in [1.82, 2.24) is 0 Å².